The number of nitrogens with zero attached hydrogens (tertiary/aromatic N) is 1. The summed E-state index contributed by atoms with van der Waals surface area (Å²) in [6.07, 6.45) is 1.93. The molecule has 0 unspecified atom stereocenters. The van der Waals surface area contributed by atoms with Crippen LogP contribution in [-0.4, -0.2) is 36.5 Å². The lowest BCUT2D eigenvalue weighted by Crippen LogP contribution is -2.46. The van der Waals surface area contributed by atoms with Crippen molar-refractivity contribution >= 4 is 17.5 Å². The molecule has 0 spiro atoms. The van der Waals surface area contributed by atoms with Gasteiger partial charge in [-0.1, -0.05) is 17.7 Å². The standard InChI is InChI=1S/C15H20ClFN2O/c1-2-19(11-6-8-18-9-7-11)15(20)10-12-13(16)4-3-5-14(12)17/h3-5,11,18H,2,6-10H2,1H3. The van der Waals surface area contributed by atoms with Crippen LogP contribution in [0.5, 0.6) is 0 Å². The molecule has 5 heteroatoms. The van der Waals surface area contributed by atoms with Gasteiger partial charge >= 0.3 is 0 Å². The first-order chi connectivity index (χ1) is 9.63. The lowest BCUT2D eigenvalue weighted by Gasteiger charge is -2.34. The number of carbonyl (C=O) groups excluding carboxylic acids is 1. The van der Waals surface area contributed by atoms with E-state index >= 15 is 0 Å². The molecule has 1 aliphatic heterocycles. The van der Waals surface area contributed by atoms with E-state index in [4.69, 9.17) is 11.6 Å². The summed E-state index contributed by atoms with van der Waals surface area (Å²) in [7, 11) is 0. The molecule has 1 saturated heterocycles. The Labute approximate surface area is 124 Å². The summed E-state index contributed by atoms with van der Waals surface area (Å²) in [4.78, 5) is 14.3. The molecule has 0 bridgehead atoms. The summed E-state index contributed by atoms with van der Waals surface area (Å²) in [5.74, 6) is -0.460. The van der Waals surface area contributed by atoms with Crippen LogP contribution < -0.4 is 5.32 Å². The third kappa shape index (κ3) is 3.49. The predicted molar refractivity (Wildman–Crippen MR) is 78.4 cm³/mol. The molecule has 3 nitrogen and oxygen atoms in total. The van der Waals surface area contributed by atoms with Crippen LogP contribution in [-0.2, 0) is 11.2 Å². The van der Waals surface area contributed by atoms with Crippen molar-refractivity contribution in [1.82, 2.24) is 10.2 Å². The first kappa shape index (κ1) is 15.3. The van der Waals surface area contributed by atoms with Gasteiger partial charge in [-0.15, -0.1) is 0 Å². The lowest BCUT2D eigenvalue weighted by atomic mass is 10.0. The van der Waals surface area contributed by atoms with Crippen LogP contribution in [0.4, 0.5) is 4.39 Å². The Balaban J connectivity index is 2.09. The topological polar surface area (TPSA) is 32.3 Å². The highest BCUT2D eigenvalue weighted by Gasteiger charge is 2.25. The van der Waals surface area contributed by atoms with Crippen LogP contribution in [0.1, 0.15) is 25.3 Å². The van der Waals surface area contributed by atoms with Crippen molar-refractivity contribution in [2.24, 2.45) is 0 Å². The molecule has 1 N–H and O–H groups in total. The first-order valence-electron chi connectivity index (χ1n) is 7.06. The molecule has 0 atom stereocenters. The van der Waals surface area contributed by atoms with Gasteiger partial charge in [0.2, 0.25) is 5.91 Å². The number of carbonyl (C=O) groups is 1. The largest absolute Gasteiger partial charge is 0.340 e. The maximum absolute atomic E-state index is 13.8. The average Bonchev–Trinajstić information content (AvgIpc) is 2.45. The highest BCUT2D eigenvalue weighted by atomic mass is 35.5. The average molecular weight is 299 g/mol. The number of amides is 1. The Morgan fingerprint density at radius 2 is 2.15 bits per heavy atom. The van der Waals surface area contributed by atoms with Crippen molar-refractivity contribution in [1.29, 1.82) is 0 Å². The van der Waals surface area contributed by atoms with Crippen LogP contribution in [0.3, 0.4) is 0 Å². The van der Waals surface area contributed by atoms with Crippen molar-refractivity contribution in [3.63, 3.8) is 0 Å². The Bertz CT molecular complexity index is 455. The number of rotatable bonds is 4. The molecule has 110 valence electrons. The van der Waals surface area contributed by atoms with Gasteiger partial charge in [-0.05, 0) is 45.0 Å². The van der Waals surface area contributed by atoms with Crippen LogP contribution in [0.2, 0.25) is 5.02 Å². The van der Waals surface area contributed by atoms with Crippen molar-refractivity contribution in [3.8, 4) is 0 Å². The molecule has 1 heterocycles. The second kappa shape index (κ2) is 7.04. The highest BCUT2D eigenvalue weighted by Crippen LogP contribution is 2.21. The molecule has 20 heavy (non-hydrogen) atoms. The van der Waals surface area contributed by atoms with E-state index < -0.39 is 5.82 Å². The number of piperidine rings is 1. The third-order valence-corrected chi connectivity index (χ3v) is 4.15. The fourth-order valence-electron chi connectivity index (χ4n) is 2.71. The van der Waals surface area contributed by atoms with Crippen molar-refractivity contribution in [3.05, 3.63) is 34.6 Å². The van der Waals surface area contributed by atoms with Gasteiger partial charge in [0.05, 0.1) is 6.42 Å². The van der Waals surface area contributed by atoms with Crippen LogP contribution in [0.25, 0.3) is 0 Å². The first-order valence-corrected chi connectivity index (χ1v) is 7.44. The van der Waals surface area contributed by atoms with Gasteiger partial charge in [0.25, 0.3) is 0 Å². The fraction of sp³-hybridized carbons (Fsp3) is 0.533. The maximum atomic E-state index is 13.8. The quantitative estimate of drug-likeness (QED) is 0.927. The van der Waals surface area contributed by atoms with Gasteiger partial charge in [0, 0.05) is 23.2 Å². The number of hydrogen-bond acceptors (Lipinski definition) is 2. The summed E-state index contributed by atoms with van der Waals surface area (Å²) < 4.78 is 13.8. The van der Waals surface area contributed by atoms with E-state index in [9.17, 15) is 9.18 Å². The summed E-state index contributed by atoms with van der Waals surface area (Å²) in [5, 5.41) is 3.60. The molecule has 0 aliphatic carbocycles. The van der Waals surface area contributed by atoms with Gasteiger partial charge in [-0.25, -0.2) is 4.39 Å². The van der Waals surface area contributed by atoms with E-state index in [1.54, 1.807) is 12.1 Å². The zero-order chi connectivity index (χ0) is 14.5. The number of nitrogens with one attached hydrogen (secondary N) is 1. The van der Waals surface area contributed by atoms with Crippen LogP contribution in [0, 0.1) is 5.82 Å². The number of benzene rings is 1. The normalized spacial score (nSPS) is 16.1. The monoisotopic (exact) mass is 298 g/mol. The Morgan fingerprint density at radius 3 is 2.75 bits per heavy atom. The molecular formula is C15H20ClFN2O. The molecule has 1 amide bonds. The molecule has 1 aromatic carbocycles. The van der Waals surface area contributed by atoms with E-state index in [1.807, 2.05) is 11.8 Å². The minimum Gasteiger partial charge on any atom is -0.340 e. The summed E-state index contributed by atoms with van der Waals surface area (Å²) in [6.45, 7) is 4.46. The van der Waals surface area contributed by atoms with E-state index in [-0.39, 0.29) is 18.4 Å². The summed E-state index contributed by atoms with van der Waals surface area (Å²) in [5.41, 5.74) is 0.298. The molecule has 0 saturated carbocycles. The van der Waals surface area contributed by atoms with Gasteiger partial charge in [-0.3, -0.25) is 4.79 Å². The maximum Gasteiger partial charge on any atom is 0.227 e. The molecule has 0 aromatic heterocycles. The zero-order valence-corrected chi connectivity index (χ0v) is 12.4. The molecular weight excluding hydrogens is 279 g/mol. The summed E-state index contributed by atoms with van der Waals surface area (Å²) in [6, 6.07) is 4.76. The van der Waals surface area contributed by atoms with Crippen molar-refractivity contribution in [2.45, 2.75) is 32.2 Å². The number of likely N-dealkylation sites (N-methyl/N-ethyl adjacent to an activating group) is 1. The van der Waals surface area contributed by atoms with Crippen molar-refractivity contribution in [2.75, 3.05) is 19.6 Å². The highest BCUT2D eigenvalue weighted by molar-refractivity contribution is 6.31. The van der Waals surface area contributed by atoms with Crippen molar-refractivity contribution < 1.29 is 9.18 Å². The molecule has 1 fully saturated rings. The second-order valence-corrected chi connectivity index (χ2v) is 5.45. The Morgan fingerprint density at radius 1 is 1.45 bits per heavy atom. The van der Waals surface area contributed by atoms with E-state index in [0.29, 0.717) is 17.1 Å². The van der Waals surface area contributed by atoms with Crippen LogP contribution >= 0.6 is 11.6 Å². The predicted octanol–water partition coefficient (Wildman–Crippen LogP) is 2.62. The summed E-state index contributed by atoms with van der Waals surface area (Å²) >= 11 is 5.99. The van der Waals surface area contributed by atoms with E-state index in [0.717, 1.165) is 25.9 Å². The second-order valence-electron chi connectivity index (χ2n) is 5.04. The van der Waals surface area contributed by atoms with E-state index in [2.05, 4.69) is 5.32 Å². The van der Waals surface area contributed by atoms with Gasteiger partial charge in [0.1, 0.15) is 5.82 Å². The molecule has 2 rings (SSSR count). The minimum atomic E-state index is -0.410. The molecule has 0 radical (unpaired) electrons. The lowest BCUT2D eigenvalue weighted by molar-refractivity contribution is -0.133. The smallest absolute Gasteiger partial charge is 0.227 e. The van der Waals surface area contributed by atoms with Gasteiger partial charge in [0.15, 0.2) is 0 Å². The fourth-order valence-corrected chi connectivity index (χ4v) is 2.94. The third-order valence-electron chi connectivity index (χ3n) is 3.80. The van der Waals surface area contributed by atoms with Gasteiger partial charge < -0.3 is 10.2 Å². The Kier molecular flexibility index (Phi) is 5.38. The zero-order valence-electron chi connectivity index (χ0n) is 11.7. The minimum absolute atomic E-state index is 0.0310. The molecule has 1 aromatic rings. The van der Waals surface area contributed by atoms with E-state index in [1.165, 1.54) is 6.07 Å². The van der Waals surface area contributed by atoms with Gasteiger partial charge in [-0.2, -0.15) is 0 Å². The van der Waals surface area contributed by atoms with Crippen LogP contribution in [0.15, 0.2) is 18.2 Å². The number of hydrogen-bond donors (Lipinski definition) is 1. The Hall–Kier alpha value is -1.13. The SMILES string of the molecule is CCN(C(=O)Cc1c(F)cccc1Cl)C1CCNCC1. The number of halogens is 2. The molecule has 1 aliphatic rings.